The largest absolute Gasteiger partial charge is 0.348 e. The zero-order chi connectivity index (χ0) is 10.6. The summed E-state index contributed by atoms with van der Waals surface area (Å²) in [6.45, 7) is 4.46. The van der Waals surface area contributed by atoms with E-state index in [1.807, 2.05) is 0 Å². The first kappa shape index (κ1) is 8.96. The van der Waals surface area contributed by atoms with Gasteiger partial charge in [0.05, 0.1) is 12.0 Å². The molecule has 3 rings (SSSR count). The Kier molecular flexibility index (Phi) is 1.57. The number of hydrogen-bond donors (Lipinski definition) is 1. The Bertz CT molecular complexity index is 436. The van der Waals surface area contributed by atoms with Crippen LogP contribution in [0.2, 0.25) is 0 Å². The minimum absolute atomic E-state index is 0.134. The maximum Gasteiger partial charge on any atom is 0.226 e. The van der Waals surface area contributed by atoms with Gasteiger partial charge >= 0.3 is 0 Å². The summed E-state index contributed by atoms with van der Waals surface area (Å²) in [5.41, 5.74) is 2.85. The number of carbonyl (C=O) groups excluding carboxylic acids is 1. The Hall–Kier alpha value is -1.31. The molecule has 0 saturated carbocycles. The fourth-order valence-electron chi connectivity index (χ4n) is 2.97. The van der Waals surface area contributed by atoms with Crippen LogP contribution in [0.1, 0.15) is 37.4 Å². The third-order valence-corrected chi connectivity index (χ3v) is 3.79. The number of hydrogen-bond acceptors (Lipinski definition) is 1. The van der Waals surface area contributed by atoms with Crippen molar-refractivity contribution in [3.63, 3.8) is 0 Å². The summed E-state index contributed by atoms with van der Waals surface area (Å²) in [5.74, 6) is 0.428. The number of fused-ring (bicyclic) bond motifs is 3. The third-order valence-electron chi connectivity index (χ3n) is 3.79. The molecule has 1 aliphatic heterocycles. The molecule has 2 nitrogen and oxygen atoms in total. The highest BCUT2D eigenvalue weighted by molar-refractivity contribution is 5.87. The highest BCUT2D eigenvalue weighted by atomic mass is 16.2. The highest BCUT2D eigenvalue weighted by Gasteiger charge is 2.48. The van der Waals surface area contributed by atoms with Crippen LogP contribution in [-0.2, 0) is 10.2 Å². The van der Waals surface area contributed by atoms with E-state index in [0.717, 1.165) is 6.42 Å². The van der Waals surface area contributed by atoms with Crippen molar-refractivity contribution >= 4 is 5.91 Å². The zero-order valence-electron chi connectivity index (χ0n) is 9.08. The quantitative estimate of drug-likeness (QED) is 0.640. The standard InChI is InChI=1S/C13H15NO/c1-13(2)7-9-11(14-12(9)15)8-5-3-4-6-10(8)13/h3-6,9,11H,7H2,1-2H3,(H,14,15). The first-order chi connectivity index (χ1) is 7.09. The average Bonchev–Trinajstić information content (AvgIpc) is 2.22. The Labute approximate surface area is 89.7 Å². The summed E-state index contributed by atoms with van der Waals surface area (Å²) in [6.07, 6.45) is 0.973. The van der Waals surface area contributed by atoms with Gasteiger partial charge in [-0.05, 0) is 23.0 Å². The molecule has 1 aliphatic carbocycles. The van der Waals surface area contributed by atoms with Gasteiger partial charge in [-0.15, -0.1) is 0 Å². The lowest BCUT2D eigenvalue weighted by Gasteiger charge is -2.48. The Morgan fingerprint density at radius 2 is 2.07 bits per heavy atom. The second kappa shape index (κ2) is 2.63. The predicted molar refractivity (Wildman–Crippen MR) is 58.5 cm³/mol. The van der Waals surface area contributed by atoms with E-state index >= 15 is 0 Å². The SMILES string of the molecule is CC1(C)CC2C(=O)NC2c2ccccc21. The van der Waals surface area contributed by atoms with E-state index in [-0.39, 0.29) is 23.3 Å². The van der Waals surface area contributed by atoms with Crippen LogP contribution >= 0.6 is 0 Å². The van der Waals surface area contributed by atoms with Crippen molar-refractivity contribution in [2.24, 2.45) is 5.92 Å². The van der Waals surface area contributed by atoms with Crippen LogP contribution in [0.4, 0.5) is 0 Å². The van der Waals surface area contributed by atoms with Crippen molar-refractivity contribution in [2.45, 2.75) is 31.7 Å². The molecule has 1 saturated heterocycles. The van der Waals surface area contributed by atoms with Crippen LogP contribution in [0, 0.1) is 5.92 Å². The predicted octanol–water partition coefficient (Wildman–Crippen LogP) is 2.16. The highest BCUT2D eigenvalue weighted by Crippen LogP contribution is 2.48. The molecule has 1 heterocycles. The van der Waals surface area contributed by atoms with E-state index in [9.17, 15) is 4.79 Å². The first-order valence-electron chi connectivity index (χ1n) is 5.49. The zero-order valence-corrected chi connectivity index (χ0v) is 9.08. The van der Waals surface area contributed by atoms with Crippen LogP contribution in [0.3, 0.4) is 0 Å². The van der Waals surface area contributed by atoms with E-state index < -0.39 is 0 Å². The van der Waals surface area contributed by atoms with Crippen LogP contribution in [0.15, 0.2) is 24.3 Å². The third kappa shape index (κ3) is 1.08. The average molecular weight is 201 g/mol. The molecule has 1 amide bonds. The summed E-state index contributed by atoms with van der Waals surface area (Å²) < 4.78 is 0. The molecule has 0 aromatic heterocycles. The molecule has 0 radical (unpaired) electrons. The van der Waals surface area contributed by atoms with E-state index in [1.54, 1.807) is 0 Å². The van der Waals surface area contributed by atoms with E-state index in [0.29, 0.717) is 0 Å². The molecule has 2 atom stereocenters. The summed E-state index contributed by atoms with van der Waals surface area (Å²) in [4.78, 5) is 11.5. The van der Waals surface area contributed by atoms with Crippen LogP contribution in [0.5, 0.6) is 0 Å². The molecule has 1 aromatic rings. The molecule has 2 heteroatoms. The van der Waals surface area contributed by atoms with Crippen molar-refractivity contribution in [1.29, 1.82) is 0 Å². The number of carbonyl (C=O) groups is 1. The molecule has 0 spiro atoms. The smallest absolute Gasteiger partial charge is 0.226 e. The molecular formula is C13H15NO. The lowest BCUT2D eigenvalue weighted by atomic mass is 9.63. The molecule has 1 fully saturated rings. The molecule has 78 valence electrons. The van der Waals surface area contributed by atoms with Gasteiger partial charge < -0.3 is 5.32 Å². The van der Waals surface area contributed by atoms with Crippen molar-refractivity contribution in [1.82, 2.24) is 5.32 Å². The summed E-state index contributed by atoms with van der Waals surface area (Å²) in [6, 6.07) is 8.76. The van der Waals surface area contributed by atoms with Gasteiger partial charge in [-0.2, -0.15) is 0 Å². The normalized spacial score (nSPS) is 30.9. The Morgan fingerprint density at radius 1 is 1.33 bits per heavy atom. The number of β-lactam (4-membered cyclic amide) rings is 1. The second-order valence-electron chi connectivity index (χ2n) is 5.27. The van der Waals surface area contributed by atoms with E-state index in [1.165, 1.54) is 11.1 Å². The molecular weight excluding hydrogens is 186 g/mol. The minimum Gasteiger partial charge on any atom is -0.348 e. The fraction of sp³-hybridized carbons (Fsp3) is 0.462. The fourth-order valence-corrected chi connectivity index (χ4v) is 2.97. The van der Waals surface area contributed by atoms with Gasteiger partial charge in [-0.25, -0.2) is 0 Å². The monoisotopic (exact) mass is 201 g/mol. The molecule has 0 bridgehead atoms. The van der Waals surface area contributed by atoms with Gasteiger partial charge in [0.15, 0.2) is 0 Å². The lowest BCUT2D eigenvalue weighted by molar-refractivity contribution is -0.137. The molecule has 1 aromatic carbocycles. The maximum absolute atomic E-state index is 11.5. The van der Waals surface area contributed by atoms with Crippen molar-refractivity contribution in [3.05, 3.63) is 35.4 Å². The van der Waals surface area contributed by atoms with Crippen molar-refractivity contribution in [2.75, 3.05) is 0 Å². The van der Waals surface area contributed by atoms with Gasteiger partial charge in [-0.3, -0.25) is 4.79 Å². The van der Waals surface area contributed by atoms with Gasteiger partial charge in [-0.1, -0.05) is 38.1 Å². The summed E-state index contributed by atoms with van der Waals surface area (Å²) in [5, 5.41) is 3.00. The van der Waals surface area contributed by atoms with E-state index in [4.69, 9.17) is 0 Å². The van der Waals surface area contributed by atoms with Gasteiger partial charge in [0.1, 0.15) is 0 Å². The summed E-state index contributed by atoms with van der Waals surface area (Å²) >= 11 is 0. The van der Waals surface area contributed by atoms with Gasteiger partial charge in [0.2, 0.25) is 5.91 Å². The summed E-state index contributed by atoms with van der Waals surface area (Å²) in [7, 11) is 0. The molecule has 15 heavy (non-hydrogen) atoms. The Balaban J connectivity index is 2.15. The molecule has 1 N–H and O–H groups in total. The number of nitrogens with one attached hydrogen (secondary N) is 1. The molecule has 2 aliphatic rings. The van der Waals surface area contributed by atoms with Crippen molar-refractivity contribution in [3.8, 4) is 0 Å². The maximum atomic E-state index is 11.5. The number of benzene rings is 1. The van der Waals surface area contributed by atoms with Crippen LogP contribution < -0.4 is 5.32 Å². The van der Waals surface area contributed by atoms with E-state index in [2.05, 4.69) is 43.4 Å². The first-order valence-corrected chi connectivity index (χ1v) is 5.49. The number of rotatable bonds is 0. The van der Waals surface area contributed by atoms with Crippen LogP contribution in [0.25, 0.3) is 0 Å². The molecule has 2 unspecified atom stereocenters. The minimum atomic E-state index is 0.134. The van der Waals surface area contributed by atoms with Gasteiger partial charge in [0, 0.05) is 0 Å². The number of amides is 1. The van der Waals surface area contributed by atoms with Crippen LogP contribution in [-0.4, -0.2) is 5.91 Å². The van der Waals surface area contributed by atoms with Crippen molar-refractivity contribution < 1.29 is 4.79 Å². The second-order valence-corrected chi connectivity index (χ2v) is 5.27. The lowest BCUT2D eigenvalue weighted by Crippen LogP contribution is -2.56. The Morgan fingerprint density at radius 3 is 2.80 bits per heavy atom. The topological polar surface area (TPSA) is 29.1 Å². The van der Waals surface area contributed by atoms with Gasteiger partial charge in [0.25, 0.3) is 0 Å².